The summed E-state index contributed by atoms with van der Waals surface area (Å²) in [5, 5.41) is 14.4. The van der Waals surface area contributed by atoms with Crippen molar-refractivity contribution >= 4 is 6.01 Å². The maximum atomic E-state index is 10.3. The number of rotatable bonds is 2. The zero-order valence-electron chi connectivity index (χ0n) is 13.0. The van der Waals surface area contributed by atoms with E-state index in [2.05, 4.69) is 15.0 Å². The first-order chi connectivity index (χ1) is 11.3. The second-order valence-electron chi connectivity index (χ2n) is 6.32. The van der Waals surface area contributed by atoms with Gasteiger partial charge in [0.2, 0.25) is 5.82 Å². The number of hydrogen-bond donors (Lipinski definition) is 1. The van der Waals surface area contributed by atoms with Gasteiger partial charge in [0.05, 0.1) is 11.7 Å². The van der Waals surface area contributed by atoms with Crippen LogP contribution in [0.1, 0.15) is 25.7 Å². The first kappa shape index (κ1) is 14.7. The molecule has 2 aliphatic rings. The Hall–Kier alpha value is -1.92. The highest BCUT2D eigenvalue weighted by Crippen LogP contribution is 2.36. The van der Waals surface area contributed by atoms with Gasteiger partial charge in [0.25, 0.3) is 0 Å². The summed E-state index contributed by atoms with van der Waals surface area (Å²) in [6, 6.07) is 10.3. The highest BCUT2D eigenvalue weighted by Gasteiger charge is 2.44. The van der Waals surface area contributed by atoms with Gasteiger partial charge in [-0.1, -0.05) is 35.5 Å². The lowest BCUT2D eigenvalue weighted by Gasteiger charge is -2.46. The van der Waals surface area contributed by atoms with E-state index >= 15 is 0 Å². The number of aromatic nitrogens is 2. The third-order valence-corrected chi connectivity index (χ3v) is 4.95. The van der Waals surface area contributed by atoms with Gasteiger partial charge in [-0.05, 0) is 25.7 Å². The third-order valence-electron chi connectivity index (χ3n) is 4.95. The molecule has 2 fully saturated rings. The van der Waals surface area contributed by atoms with Crippen LogP contribution < -0.4 is 4.90 Å². The van der Waals surface area contributed by atoms with Crippen molar-refractivity contribution < 1.29 is 14.4 Å². The first-order valence-electron chi connectivity index (χ1n) is 8.23. The lowest BCUT2D eigenvalue weighted by atomic mass is 9.82. The van der Waals surface area contributed by atoms with E-state index in [1.165, 1.54) is 0 Å². The van der Waals surface area contributed by atoms with Crippen molar-refractivity contribution in [2.24, 2.45) is 0 Å². The molecule has 2 saturated heterocycles. The van der Waals surface area contributed by atoms with Gasteiger partial charge in [-0.3, -0.25) is 0 Å². The van der Waals surface area contributed by atoms with Crippen molar-refractivity contribution in [3.05, 3.63) is 30.3 Å². The normalized spacial score (nSPS) is 24.0. The zero-order valence-corrected chi connectivity index (χ0v) is 13.0. The molecule has 3 heterocycles. The fourth-order valence-electron chi connectivity index (χ4n) is 3.51. The second kappa shape index (κ2) is 5.94. The van der Waals surface area contributed by atoms with Crippen LogP contribution in [-0.4, -0.2) is 46.6 Å². The summed E-state index contributed by atoms with van der Waals surface area (Å²) >= 11 is 0. The Morgan fingerprint density at radius 2 is 1.96 bits per heavy atom. The monoisotopic (exact) mass is 315 g/mol. The van der Waals surface area contributed by atoms with Crippen molar-refractivity contribution in [2.45, 2.75) is 37.4 Å². The van der Waals surface area contributed by atoms with Gasteiger partial charge < -0.3 is 19.3 Å². The average molecular weight is 315 g/mol. The highest BCUT2D eigenvalue weighted by atomic mass is 16.5. The summed E-state index contributed by atoms with van der Waals surface area (Å²) < 4.78 is 11.4. The maximum Gasteiger partial charge on any atom is 0.324 e. The molecule has 1 unspecified atom stereocenters. The van der Waals surface area contributed by atoms with Gasteiger partial charge in [-0.15, -0.1) is 0 Å². The van der Waals surface area contributed by atoms with Gasteiger partial charge in [0.1, 0.15) is 0 Å². The molecule has 2 aliphatic heterocycles. The largest absolute Gasteiger partial charge is 0.390 e. The summed E-state index contributed by atoms with van der Waals surface area (Å²) in [5.74, 6) is 0.606. The lowest BCUT2D eigenvalue weighted by molar-refractivity contribution is -0.164. The molecule has 0 saturated carbocycles. The first-order valence-corrected chi connectivity index (χ1v) is 8.23. The zero-order chi connectivity index (χ0) is 15.7. The van der Waals surface area contributed by atoms with Crippen LogP contribution >= 0.6 is 0 Å². The predicted octanol–water partition coefficient (Wildman–Crippen LogP) is 2.25. The minimum absolute atomic E-state index is 0.360. The van der Waals surface area contributed by atoms with Crippen LogP contribution in [0.4, 0.5) is 6.01 Å². The van der Waals surface area contributed by atoms with Crippen molar-refractivity contribution in [3.63, 3.8) is 0 Å². The SMILES string of the molecule is OC1CCCOC12CCN(c1nc(-c3ccccc3)no1)CC2. The van der Waals surface area contributed by atoms with E-state index in [0.717, 1.165) is 50.9 Å². The second-order valence-corrected chi connectivity index (χ2v) is 6.32. The van der Waals surface area contributed by atoms with Gasteiger partial charge in [-0.25, -0.2) is 0 Å². The van der Waals surface area contributed by atoms with Gasteiger partial charge in [0.15, 0.2) is 0 Å². The van der Waals surface area contributed by atoms with Crippen LogP contribution in [0.3, 0.4) is 0 Å². The lowest BCUT2D eigenvalue weighted by Crippen LogP contribution is -2.55. The van der Waals surface area contributed by atoms with Gasteiger partial charge in [0, 0.05) is 25.3 Å². The van der Waals surface area contributed by atoms with E-state index in [0.29, 0.717) is 11.8 Å². The molecule has 122 valence electrons. The van der Waals surface area contributed by atoms with Crippen LogP contribution in [-0.2, 0) is 4.74 Å². The smallest absolute Gasteiger partial charge is 0.324 e. The predicted molar refractivity (Wildman–Crippen MR) is 85.1 cm³/mol. The third kappa shape index (κ3) is 2.72. The number of aliphatic hydroxyl groups excluding tert-OH is 1. The molecule has 1 spiro atoms. The van der Waals surface area contributed by atoms with Crippen LogP contribution in [0.25, 0.3) is 11.4 Å². The number of nitrogens with zero attached hydrogens (tertiary/aromatic N) is 3. The molecule has 6 heteroatoms. The minimum Gasteiger partial charge on any atom is -0.390 e. The summed E-state index contributed by atoms with van der Waals surface area (Å²) in [5.41, 5.74) is 0.568. The molecule has 0 bridgehead atoms. The van der Waals surface area contributed by atoms with E-state index in [4.69, 9.17) is 9.26 Å². The molecule has 1 N–H and O–H groups in total. The van der Waals surface area contributed by atoms with Crippen molar-refractivity contribution in [3.8, 4) is 11.4 Å². The van der Waals surface area contributed by atoms with Gasteiger partial charge >= 0.3 is 6.01 Å². The fraction of sp³-hybridized carbons (Fsp3) is 0.529. The standard InChI is InChI=1S/C17H21N3O3/c21-14-7-4-12-22-17(14)8-10-20(11-9-17)16-18-15(19-23-16)13-5-2-1-3-6-13/h1-3,5-6,14,21H,4,7-12H2. The van der Waals surface area contributed by atoms with Crippen molar-refractivity contribution in [2.75, 3.05) is 24.6 Å². The molecular weight excluding hydrogens is 294 g/mol. The van der Waals surface area contributed by atoms with E-state index < -0.39 is 0 Å². The minimum atomic E-state index is -0.378. The molecule has 23 heavy (non-hydrogen) atoms. The molecule has 0 aliphatic carbocycles. The fourth-order valence-corrected chi connectivity index (χ4v) is 3.51. The Morgan fingerprint density at radius 3 is 2.70 bits per heavy atom. The molecule has 2 aromatic rings. The Labute approximate surface area is 135 Å². The van der Waals surface area contributed by atoms with Crippen LogP contribution in [0.2, 0.25) is 0 Å². The van der Waals surface area contributed by atoms with Crippen molar-refractivity contribution in [1.82, 2.24) is 10.1 Å². The molecule has 1 aromatic heterocycles. The summed E-state index contributed by atoms with van der Waals surface area (Å²) in [4.78, 5) is 6.58. The Balaban J connectivity index is 1.46. The Bertz CT molecular complexity index is 650. The number of benzene rings is 1. The summed E-state index contributed by atoms with van der Waals surface area (Å²) in [7, 11) is 0. The number of anilines is 1. The van der Waals surface area contributed by atoms with Crippen LogP contribution in [0, 0.1) is 0 Å². The molecule has 0 radical (unpaired) electrons. The summed E-state index contributed by atoms with van der Waals surface area (Å²) in [6.45, 7) is 2.26. The molecule has 1 atom stereocenters. The number of ether oxygens (including phenoxy) is 1. The van der Waals surface area contributed by atoms with E-state index in [1.54, 1.807) is 0 Å². The van der Waals surface area contributed by atoms with E-state index in [1.807, 2.05) is 30.3 Å². The Kier molecular flexibility index (Phi) is 3.79. The molecule has 6 nitrogen and oxygen atoms in total. The van der Waals surface area contributed by atoms with E-state index in [9.17, 15) is 5.11 Å². The van der Waals surface area contributed by atoms with Crippen molar-refractivity contribution in [1.29, 1.82) is 0 Å². The molecule has 4 rings (SSSR count). The topological polar surface area (TPSA) is 71.6 Å². The number of piperidine rings is 1. The number of aliphatic hydroxyl groups is 1. The summed E-state index contributed by atoms with van der Waals surface area (Å²) in [6.07, 6.45) is 2.99. The van der Waals surface area contributed by atoms with Gasteiger partial charge in [-0.2, -0.15) is 4.98 Å². The van der Waals surface area contributed by atoms with Crippen LogP contribution in [0.5, 0.6) is 0 Å². The highest BCUT2D eigenvalue weighted by molar-refractivity contribution is 5.55. The molecule has 0 amide bonds. The van der Waals surface area contributed by atoms with E-state index in [-0.39, 0.29) is 11.7 Å². The van der Waals surface area contributed by atoms with Crippen LogP contribution in [0.15, 0.2) is 34.9 Å². The average Bonchev–Trinajstić information content (AvgIpc) is 3.09. The number of hydrogen-bond acceptors (Lipinski definition) is 6. The quantitative estimate of drug-likeness (QED) is 0.916. The molecular formula is C17H21N3O3. The molecule has 1 aromatic carbocycles. The Morgan fingerprint density at radius 1 is 1.17 bits per heavy atom. The maximum absolute atomic E-state index is 10.3.